The maximum absolute atomic E-state index is 5.57. The Morgan fingerprint density at radius 1 is 1.32 bits per heavy atom. The zero-order valence-electron chi connectivity index (χ0n) is 11.2. The van der Waals surface area contributed by atoms with E-state index in [1.807, 2.05) is 32.3 Å². The summed E-state index contributed by atoms with van der Waals surface area (Å²) < 4.78 is 7.65. The van der Waals surface area contributed by atoms with Crippen molar-refractivity contribution in [1.29, 1.82) is 0 Å². The summed E-state index contributed by atoms with van der Waals surface area (Å²) >= 11 is 0. The van der Waals surface area contributed by atoms with Gasteiger partial charge in [0.2, 0.25) is 0 Å². The molecule has 3 rings (SSSR count). The average molecular weight is 255 g/mol. The summed E-state index contributed by atoms with van der Waals surface area (Å²) in [7, 11) is 3.98. The number of likely N-dealkylation sites (N-methyl/N-ethyl adjacent to an activating group) is 1. The van der Waals surface area contributed by atoms with Gasteiger partial charge >= 0.3 is 0 Å². The van der Waals surface area contributed by atoms with Crippen molar-refractivity contribution < 1.29 is 4.42 Å². The number of furan rings is 1. The molecule has 4 nitrogen and oxygen atoms in total. The van der Waals surface area contributed by atoms with Crippen LogP contribution >= 0.6 is 0 Å². The predicted molar refractivity (Wildman–Crippen MR) is 76.0 cm³/mol. The van der Waals surface area contributed by atoms with Crippen LogP contribution in [-0.4, -0.2) is 23.1 Å². The largest absolute Gasteiger partial charge is 0.464 e. The van der Waals surface area contributed by atoms with Crippen molar-refractivity contribution >= 4 is 11.0 Å². The minimum absolute atomic E-state index is 0.903. The van der Waals surface area contributed by atoms with E-state index >= 15 is 0 Å². The Hall–Kier alpha value is -2.07. The van der Waals surface area contributed by atoms with Crippen LogP contribution in [0.4, 0.5) is 0 Å². The molecule has 2 heterocycles. The van der Waals surface area contributed by atoms with E-state index in [4.69, 9.17) is 9.40 Å². The van der Waals surface area contributed by atoms with E-state index in [-0.39, 0.29) is 0 Å². The van der Waals surface area contributed by atoms with Crippen LogP contribution in [0.5, 0.6) is 0 Å². The van der Waals surface area contributed by atoms with Crippen molar-refractivity contribution in [3.63, 3.8) is 0 Å². The van der Waals surface area contributed by atoms with Crippen molar-refractivity contribution in [2.75, 3.05) is 13.6 Å². The molecule has 0 fully saturated rings. The summed E-state index contributed by atoms with van der Waals surface area (Å²) in [4.78, 5) is 4.70. The fraction of sp³-hybridized carbons (Fsp3) is 0.267. The van der Waals surface area contributed by atoms with Crippen LogP contribution < -0.4 is 5.32 Å². The number of hydrogen-bond acceptors (Lipinski definition) is 3. The molecule has 0 spiro atoms. The van der Waals surface area contributed by atoms with Gasteiger partial charge < -0.3 is 14.3 Å². The number of aryl methyl sites for hydroxylation is 1. The van der Waals surface area contributed by atoms with Crippen LogP contribution in [0.1, 0.15) is 5.82 Å². The Morgan fingerprint density at radius 3 is 3.00 bits per heavy atom. The van der Waals surface area contributed by atoms with Crippen molar-refractivity contribution in [3.8, 4) is 11.3 Å². The molecular formula is C15H17N3O. The summed E-state index contributed by atoms with van der Waals surface area (Å²) in [6.45, 7) is 0.927. The lowest BCUT2D eigenvalue weighted by Gasteiger charge is -1.99. The standard InChI is InChI=1S/C15H17N3O/c1-16-8-7-15-17-13(9-18(15)2)12-10-19-14-6-4-3-5-11(12)14/h3-6,9-10,16H,7-8H2,1-2H3. The van der Waals surface area contributed by atoms with Gasteiger partial charge in [-0.25, -0.2) is 4.98 Å². The Balaban J connectivity index is 2.02. The van der Waals surface area contributed by atoms with Gasteiger partial charge in [0.15, 0.2) is 0 Å². The molecule has 0 radical (unpaired) electrons. The highest BCUT2D eigenvalue weighted by molar-refractivity contribution is 5.92. The highest BCUT2D eigenvalue weighted by Gasteiger charge is 2.12. The van der Waals surface area contributed by atoms with E-state index < -0.39 is 0 Å². The molecule has 0 aliphatic carbocycles. The summed E-state index contributed by atoms with van der Waals surface area (Å²) in [5.41, 5.74) is 2.93. The van der Waals surface area contributed by atoms with Crippen LogP contribution in [0.25, 0.3) is 22.2 Å². The molecule has 0 amide bonds. The quantitative estimate of drug-likeness (QED) is 0.779. The molecule has 0 aliphatic heterocycles. The molecule has 1 N–H and O–H groups in total. The number of nitrogens with zero attached hydrogens (tertiary/aromatic N) is 2. The van der Waals surface area contributed by atoms with Crippen LogP contribution in [0, 0.1) is 0 Å². The third kappa shape index (κ3) is 2.15. The monoisotopic (exact) mass is 255 g/mol. The van der Waals surface area contributed by atoms with Crippen LogP contribution in [0.15, 0.2) is 41.1 Å². The molecule has 0 bridgehead atoms. The smallest absolute Gasteiger partial charge is 0.134 e. The van der Waals surface area contributed by atoms with Gasteiger partial charge in [0.05, 0.1) is 5.69 Å². The van der Waals surface area contributed by atoms with E-state index in [0.29, 0.717) is 0 Å². The van der Waals surface area contributed by atoms with Crippen molar-refractivity contribution in [2.45, 2.75) is 6.42 Å². The fourth-order valence-electron chi connectivity index (χ4n) is 2.28. The van der Waals surface area contributed by atoms with Crippen molar-refractivity contribution in [3.05, 3.63) is 42.5 Å². The lowest BCUT2D eigenvalue weighted by Crippen LogP contribution is -2.12. The number of benzene rings is 1. The van der Waals surface area contributed by atoms with Crippen molar-refractivity contribution in [2.24, 2.45) is 7.05 Å². The SMILES string of the molecule is CNCCc1nc(-c2coc3ccccc23)cn1C. The number of nitrogens with one attached hydrogen (secondary N) is 1. The summed E-state index contributed by atoms with van der Waals surface area (Å²) in [6.07, 6.45) is 4.76. The average Bonchev–Trinajstić information content (AvgIpc) is 3.00. The predicted octanol–water partition coefficient (Wildman–Crippen LogP) is 2.60. The van der Waals surface area contributed by atoms with E-state index in [1.165, 1.54) is 0 Å². The lowest BCUT2D eigenvalue weighted by atomic mass is 10.1. The Morgan fingerprint density at radius 2 is 2.16 bits per heavy atom. The van der Waals surface area contributed by atoms with E-state index in [2.05, 4.69) is 22.1 Å². The number of hydrogen-bond donors (Lipinski definition) is 1. The number of rotatable bonds is 4. The minimum Gasteiger partial charge on any atom is -0.464 e. The third-order valence-electron chi connectivity index (χ3n) is 3.33. The molecule has 0 unspecified atom stereocenters. The normalized spacial score (nSPS) is 11.3. The van der Waals surface area contributed by atoms with E-state index in [0.717, 1.165) is 41.0 Å². The summed E-state index contributed by atoms with van der Waals surface area (Å²) in [5.74, 6) is 1.08. The van der Waals surface area contributed by atoms with Gasteiger partial charge in [-0.15, -0.1) is 0 Å². The van der Waals surface area contributed by atoms with Crippen LogP contribution in [0.3, 0.4) is 0 Å². The van der Waals surface area contributed by atoms with Crippen LogP contribution in [-0.2, 0) is 13.5 Å². The van der Waals surface area contributed by atoms with Gasteiger partial charge in [-0.1, -0.05) is 18.2 Å². The Bertz CT molecular complexity index is 696. The molecule has 0 saturated heterocycles. The molecule has 19 heavy (non-hydrogen) atoms. The zero-order chi connectivity index (χ0) is 13.2. The maximum Gasteiger partial charge on any atom is 0.134 e. The fourth-order valence-corrected chi connectivity index (χ4v) is 2.28. The first-order valence-corrected chi connectivity index (χ1v) is 6.43. The van der Waals surface area contributed by atoms with Crippen LogP contribution in [0.2, 0.25) is 0 Å². The topological polar surface area (TPSA) is 43.0 Å². The molecule has 2 aromatic heterocycles. The molecule has 3 aromatic rings. The second-order valence-corrected chi connectivity index (χ2v) is 4.65. The number of aromatic nitrogens is 2. The van der Waals surface area contributed by atoms with Gasteiger partial charge in [-0.3, -0.25) is 0 Å². The maximum atomic E-state index is 5.57. The minimum atomic E-state index is 0.903. The first-order chi connectivity index (χ1) is 9.29. The van der Waals surface area contributed by atoms with Gasteiger partial charge in [0.25, 0.3) is 0 Å². The van der Waals surface area contributed by atoms with Crippen molar-refractivity contribution in [1.82, 2.24) is 14.9 Å². The van der Waals surface area contributed by atoms with Gasteiger partial charge in [0, 0.05) is 37.2 Å². The number of para-hydroxylation sites is 1. The first-order valence-electron chi connectivity index (χ1n) is 6.43. The van der Waals surface area contributed by atoms with Gasteiger partial charge in [-0.2, -0.15) is 0 Å². The number of imidazole rings is 1. The molecule has 4 heteroatoms. The lowest BCUT2D eigenvalue weighted by molar-refractivity contribution is 0.617. The summed E-state index contributed by atoms with van der Waals surface area (Å²) in [6, 6.07) is 8.04. The molecule has 0 atom stereocenters. The number of fused-ring (bicyclic) bond motifs is 1. The molecule has 1 aromatic carbocycles. The molecule has 0 aliphatic rings. The highest BCUT2D eigenvalue weighted by atomic mass is 16.3. The third-order valence-corrected chi connectivity index (χ3v) is 3.33. The molecule has 0 saturated carbocycles. The zero-order valence-corrected chi connectivity index (χ0v) is 11.2. The molecular weight excluding hydrogens is 238 g/mol. The summed E-state index contributed by atoms with van der Waals surface area (Å²) in [5, 5.41) is 4.26. The Labute approximate surface area is 112 Å². The first kappa shape index (κ1) is 12.0. The second kappa shape index (κ2) is 4.90. The van der Waals surface area contributed by atoms with Gasteiger partial charge in [-0.05, 0) is 13.1 Å². The van der Waals surface area contributed by atoms with E-state index in [9.17, 15) is 0 Å². The van der Waals surface area contributed by atoms with E-state index in [1.54, 1.807) is 6.26 Å². The highest BCUT2D eigenvalue weighted by Crippen LogP contribution is 2.29. The second-order valence-electron chi connectivity index (χ2n) is 4.65. The Kier molecular flexibility index (Phi) is 3.09. The van der Waals surface area contributed by atoms with Gasteiger partial charge in [0.1, 0.15) is 17.7 Å². The molecule has 98 valence electrons.